The Morgan fingerprint density at radius 1 is 1.19 bits per heavy atom. The van der Waals surface area contributed by atoms with Crippen LogP contribution in [0.15, 0.2) is 30.4 Å². The van der Waals surface area contributed by atoms with Gasteiger partial charge in [-0.3, -0.25) is 0 Å². The zero-order chi connectivity index (χ0) is 11.8. The van der Waals surface area contributed by atoms with E-state index in [-0.39, 0.29) is 0 Å². The van der Waals surface area contributed by atoms with Crippen LogP contribution in [0.2, 0.25) is 0 Å². The summed E-state index contributed by atoms with van der Waals surface area (Å²) in [5.74, 6) is 0.941. The summed E-state index contributed by atoms with van der Waals surface area (Å²) in [7, 11) is 0. The van der Waals surface area contributed by atoms with Gasteiger partial charge in [-0.05, 0) is 43.7 Å². The monoisotopic (exact) mass is 219 g/mol. The quantitative estimate of drug-likeness (QED) is 0.587. The molecule has 1 aromatic rings. The Bertz CT molecular complexity index is 345. The molecule has 16 heavy (non-hydrogen) atoms. The summed E-state index contributed by atoms with van der Waals surface area (Å²) < 4.78 is 5.61. The smallest absolute Gasteiger partial charge is 0.120 e. The molecule has 0 aliphatic heterocycles. The number of rotatable bonds is 6. The van der Waals surface area contributed by atoms with E-state index in [1.54, 1.807) is 0 Å². The van der Waals surface area contributed by atoms with Gasteiger partial charge in [0.1, 0.15) is 12.4 Å². The maximum Gasteiger partial charge on any atom is 0.120 e. The highest BCUT2D eigenvalue weighted by Crippen LogP contribution is 2.16. The van der Waals surface area contributed by atoms with E-state index in [0.29, 0.717) is 6.61 Å². The van der Waals surface area contributed by atoms with Gasteiger partial charge in [-0.25, -0.2) is 0 Å². The summed E-state index contributed by atoms with van der Waals surface area (Å²) in [6.45, 7) is 8.85. The maximum absolute atomic E-state index is 5.61. The second kappa shape index (κ2) is 7.07. The normalized spacial score (nSPS) is 10.9. The van der Waals surface area contributed by atoms with Crippen molar-refractivity contribution >= 4 is 0 Å². The summed E-state index contributed by atoms with van der Waals surface area (Å²) in [4.78, 5) is 0. The highest BCUT2D eigenvalue weighted by atomic mass is 16.5. The Morgan fingerprint density at radius 3 is 2.69 bits per heavy atom. The average Bonchev–Trinajstić information content (AvgIpc) is 2.28. The highest BCUT2D eigenvalue weighted by Gasteiger charge is 1.95. The van der Waals surface area contributed by atoms with Gasteiger partial charge in [0, 0.05) is 6.54 Å². The SMILES string of the molecule is CCNCC=CCOc1ccc(C)c(C)c1. The fraction of sp³-hybridized carbons (Fsp3) is 0.429. The van der Waals surface area contributed by atoms with Crippen molar-refractivity contribution < 1.29 is 4.74 Å². The van der Waals surface area contributed by atoms with Gasteiger partial charge in [0.2, 0.25) is 0 Å². The Morgan fingerprint density at radius 2 is 2.00 bits per heavy atom. The van der Waals surface area contributed by atoms with Crippen molar-refractivity contribution in [2.24, 2.45) is 0 Å². The molecule has 0 aliphatic carbocycles. The number of ether oxygens (including phenoxy) is 1. The van der Waals surface area contributed by atoms with Crippen LogP contribution in [-0.2, 0) is 0 Å². The molecule has 88 valence electrons. The van der Waals surface area contributed by atoms with Gasteiger partial charge in [-0.2, -0.15) is 0 Å². The van der Waals surface area contributed by atoms with E-state index < -0.39 is 0 Å². The maximum atomic E-state index is 5.61. The minimum absolute atomic E-state index is 0.633. The predicted octanol–water partition coefficient (Wildman–Crippen LogP) is 2.85. The number of nitrogens with one attached hydrogen (secondary N) is 1. The lowest BCUT2D eigenvalue weighted by Crippen LogP contribution is -2.11. The average molecular weight is 219 g/mol. The number of likely N-dealkylation sites (N-methyl/N-ethyl adjacent to an activating group) is 1. The van der Waals surface area contributed by atoms with Crippen molar-refractivity contribution in [1.82, 2.24) is 5.32 Å². The van der Waals surface area contributed by atoms with E-state index in [1.807, 2.05) is 12.1 Å². The van der Waals surface area contributed by atoms with Crippen molar-refractivity contribution in [3.63, 3.8) is 0 Å². The fourth-order valence-electron chi connectivity index (χ4n) is 1.33. The molecule has 1 N–H and O–H groups in total. The topological polar surface area (TPSA) is 21.3 Å². The van der Waals surface area contributed by atoms with Crippen molar-refractivity contribution in [1.29, 1.82) is 0 Å². The second-order valence-electron chi connectivity index (χ2n) is 3.84. The molecule has 0 bridgehead atoms. The van der Waals surface area contributed by atoms with Gasteiger partial charge in [0.25, 0.3) is 0 Å². The van der Waals surface area contributed by atoms with Crippen LogP contribution in [0.5, 0.6) is 5.75 Å². The van der Waals surface area contributed by atoms with E-state index in [4.69, 9.17) is 4.74 Å². The number of benzene rings is 1. The summed E-state index contributed by atoms with van der Waals surface area (Å²) in [5.41, 5.74) is 2.57. The van der Waals surface area contributed by atoms with Crippen LogP contribution in [0.25, 0.3) is 0 Å². The molecule has 0 spiro atoms. The van der Waals surface area contributed by atoms with E-state index in [2.05, 4.69) is 44.3 Å². The fourth-order valence-corrected chi connectivity index (χ4v) is 1.33. The van der Waals surface area contributed by atoms with Gasteiger partial charge in [0.05, 0.1) is 0 Å². The molecular weight excluding hydrogens is 198 g/mol. The Kier molecular flexibility index (Phi) is 5.65. The molecule has 0 unspecified atom stereocenters. The van der Waals surface area contributed by atoms with Crippen molar-refractivity contribution in [3.8, 4) is 5.75 Å². The third kappa shape index (κ3) is 4.49. The van der Waals surface area contributed by atoms with E-state index >= 15 is 0 Å². The molecular formula is C14H21NO. The lowest BCUT2D eigenvalue weighted by molar-refractivity contribution is 0.362. The first-order chi connectivity index (χ1) is 7.74. The van der Waals surface area contributed by atoms with Crippen molar-refractivity contribution in [3.05, 3.63) is 41.5 Å². The molecule has 0 aromatic heterocycles. The van der Waals surface area contributed by atoms with Crippen LogP contribution in [-0.4, -0.2) is 19.7 Å². The van der Waals surface area contributed by atoms with Crippen LogP contribution < -0.4 is 10.1 Å². The van der Waals surface area contributed by atoms with Gasteiger partial charge < -0.3 is 10.1 Å². The van der Waals surface area contributed by atoms with Gasteiger partial charge in [0.15, 0.2) is 0 Å². The number of hydrogen-bond acceptors (Lipinski definition) is 2. The second-order valence-corrected chi connectivity index (χ2v) is 3.84. The first-order valence-electron chi connectivity index (χ1n) is 5.79. The first kappa shape index (κ1) is 12.8. The molecule has 0 heterocycles. The van der Waals surface area contributed by atoms with Crippen LogP contribution in [0, 0.1) is 13.8 Å². The minimum atomic E-state index is 0.633. The molecule has 0 fully saturated rings. The standard InChI is InChI=1S/C14H21NO/c1-4-15-9-5-6-10-16-14-8-7-12(2)13(3)11-14/h5-8,11,15H,4,9-10H2,1-3H3. The van der Waals surface area contributed by atoms with E-state index in [1.165, 1.54) is 11.1 Å². The van der Waals surface area contributed by atoms with Crippen molar-refractivity contribution in [2.75, 3.05) is 19.7 Å². The molecule has 1 rings (SSSR count). The summed E-state index contributed by atoms with van der Waals surface area (Å²) in [6.07, 6.45) is 4.13. The first-order valence-corrected chi connectivity index (χ1v) is 5.79. The highest BCUT2D eigenvalue weighted by molar-refractivity contribution is 5.33. The van der Waals surface area contributed by atoms with E-state index in [9.17, 15) is 0 Å². The molecule has 0 aliphatic rings. The molecule has 2 heteroatoms. The molecule has 0 amide bonds. The molecule has 0 saturated carbocycles. The summed E-state index contributed by atoms with van der Waals surface area (Å²) in [6, 6.07) is 6.18. The summed E-state index contributed by atoms with van der Waals surface area (Å²) in [5, 5.41) is 3.22. The van der Waals surface area contributed by atoms with Crippen LogP contribution >= 0.6 is 0 Å². The minimum Gasteiger partial charge on any atom is -0.490 e. The Labute approximate surface area is 98.3 Å². The van der Waals surface area contributed by atoms with Crippen LogP contribution in [0.3, 0.4) is 0 Å². The molecule has 0 saturated heterocycles. The number of aryl methyl sites for hydroxylation is 2. The molecule has 0 atom stereocenters. The Hall–Kier alpha value is -1.28. The van der Waals surface area contributed by atoms with Crippen LogP contribution in [0.1, 0.15) is 18.1 Å². The molecule has 2 nitrogen and oxygen atoms in total. The van der Waals surface area contributed by atoms with Gasteiger partial charge in [-0.1, -0.05) is 25.1 Å². The van der Waals surface area contributed by atoms with E-state index in [0.717, 1.165) is 18.8 Å². The summed E-state index contributed by atoms with van der Waals surface area (Å²) >= 11 is 0. The predicted molar refractivity (Wildman–Crippen MR) is 69.1 cm³/mol. The van der Waals surface area contributed by atoms with Crippen molar-refractivity contribution in [2.45, 2.75) is 20.8 Å². The third-order valence-corrected chi connectivity index (χ3v) is 2.50. The van der Waals surface area contributed by atoms with Gasteiger partial charge >= 0.3 is 0 Å². The largest absolute Gasteiger partial charge is 0.490 e. The lowest BCUT2D eigenvalue weighted by atomic mass is 10.1. The number of hydrogen-bond donors (Lipinski definition) is 1. The molecule has 0 radical (unpaired) electrons. The zero-order valence-electron chi connectivity index (χ0n) is 10.4. The third-order valence-electron chi connectivity index (χ3n) is 2.50. The molecule has 1 aromatic carbocycles. The Balaban J connectivity index is 2.32. The van der Waals surface area contributed by atoms with Crippen LogP contribution in [0.4, 0.5) is 0 Å². The lowest BCUT2D eigenvalue weighted by Gasteiger charge is -2.05. The zero-order valence-corrected chi connectivity index (χ0v) is 10.4. The van der Waals surface area contributed by atoms with Gasteiger partial charge in [-0.15, -0.1) is 0 Å².